The predicted molar refractivity (Wildman–Crippen MR) is 73.0 cm³/mol. The Morgan fingerprint density at radius 3 is 2.81 bits per heavy atom. The molecule has 0 aliphatic rings. The van der Waals surface area contributed by atoms with Crippen LogP contribution in [0.4, 0.5) is 0 Å². The van der Waals surface area contributed by atoms with Crippen molar-refractivity contribution in [3.63, 3.8) is 0 Å². The smallest absolute Gasteiger partial charge is 0.134 e. The van der Waals surface area contributed by atoms with Gasteiger partial charge in [-0.1, -0.05) is 15.9 Å². The van der Waals surface area contributed by atoms with Gasteiger partial charge in [-0.05, 0) is 41.1 Å². The molecule has 0 aliphatic carbocycles. The maximum atomic E-state index is 5.67. The van der Waals surface area contributed by atoms with Gasteiger partial charge in [-0.3, -0.25) is 0 Å². The summed E-state index contributed by atoms with van der Waals surface area (Å²) < 4.78 is 7.63. The molecule has 5 heteroatoms. The molecule has 1 aromatic carbocycles. The van der Waals surface area contributed by atoms with Crippen LogP contribution >= 0.6 is 43.2 Å². The maximum Gasteiger partial charge on any atom is 0.134 e. The monoisotopic (exact) mass is 361 g/mol. The van der Waals surface area contributed by atoms with Crippen LogP contribution in [-0.2, 0) is 6.61 Å². The van der Waals surface area contributed by atoms with Crippen molar-refractivity contribution in [2.24, 2.45) is 0 Å². The first-order chi connectivity index (χ1) is 7.65. The molecule has 2 aromatic rings. The van der Waals surface area contributed by atoms with Gasteiger partial charge in [-0.2, -0.15) is 0 Å². The lowest BCUT2D eigenvalue weighted by atomic mass is 10.3. The van der Waals surface area contributed by atoms with Crippen molar-refractivity contribution in [2.45, 2.75) is 13.5 Å². The molecule has 0 amide bonds. The summed E-state index contributed by atoms with van der Waals surface area (Å²) in [6.45, 7) is 2.49. The van der Waals surface area contributed by atoms with E-state index < -0.39 is 0 Å². The number of aromatic nitrogens is 1. The molecule has 84 valence electrons. The Balaban J connectivity index is 2.04. The van der Waals surface area contributed by atoms with E-state index >= 15 is 0 Å². The van der Waals surface area contributed by atoms with Gasteiger partial charge >= 0.3 is 0 Å². The average Bonchev–Trinajstić information content (AvgIpc) is 2.63. The molecule has 0 saturated heterocycles. The lowest BCUT2D eigenvalue weighted by Crippen LogP contribution is -1.96. The summed E-state index contributed by atoms with van der Waals surface area (Å²) in [5.41, 5.74) is 0.970. The molecule has 16 heavy (non-hydrogen) atoms. The Bertz CT molecular complexity index is 498. The van der Waals surface area contributed by atoms with Crippen molar-refractivity contribution < 1.29 is 4.74 Å². The van der Waals surface area contributed by atoms with E-state index in [0.29, 0.717) is 6.61 Å². The minimum absolute atomic E-state index is 0.505. The standard InChI is InChI=1S/C11H9Br2NOS/c1-7-14-9(6-16-7)5-15-11-3-2-8(12)4-10(11)13/h2-4,6H,5H2,1H3. The molecule has 2 rings (SSSR count). The Kier molecular flexibility index (Phi) is 4.00. The third-order valence-corrected chi connectivity index (χ3v) is 3.87. The molecule has 0 unspecified atom stereocenters. The lowest BCUT2D eigenvalue weighted by molar-refractivity contribution is 0.300. The first kappa shape index (κ1) is 12.1. The normalized spacial score (nSPS) is 10.4. The zero-order valence-electron chi connectivity index (χ0n) is 8.54. The van der Waals surface area contributed by atoms with Gasteiger partial charge in [0.25, 0.3) is 0 Å². The zero-order valence-corrected chi connectivity index (χ0v) is 12.5. The molecular weight excluding hydrogens is 354 g/mol. The third kappa shape index (κ3) is 3.06. The zero-order chi connectivity index (χ0) is 11.5. The summed E-state index contributed by atoms with van der Waals surface area (Å²) in [5, 5.41) is 3.08. The van der Waals surface area contributed by atoms with Crippen LogP contribution in [0, 0.1) is 6.92 Å². The van der Waals surface area contributed by atoms with E-state index in [9.17, 15) is 0 Å². The molecule has 0 saturated carbocycles. The van der Waals surface area contributed by atoms with Gasteiger partial charge in [0, 0.05) is 9.85 Å². The Morgan fingerprint density at radius 1 is 1.38 bits per heavy atom. The van der Waals surface area contributed by atoms with Crippen LogP contribution in [0.25, 0.3) is 0 Å². The molecule has 0 aliphatic heterocycles. The number of aryl methyl sites for hydroxylation is 1. The van der Waals surface area contributed by atoms with E-state index in [-0.39, 0.29) is 0 Å². The minimum atomic E-state index is 0.505. The Hall–Kier alpha value is -0.390. The van der Waals surface area contributed by atoms with E-state index in [1.54, 1.807) is 11.3 Å². The second-order valence-electron chi connectivity index (χ2n) is 3.22. The van der Waals surface area contributed by atoms with E-state index in [4.69, 9.17) is 4.74 Å². The molecule has 1 heterocycles. The summed E-state index contributed by atoms with van der Waals surface area (Å²) in [6.07, 6.45) is 0. The average molecular weight is 363 g/mol. The molecule has 0 fully saturated rings. The molecule has 0 N–H and O–H groups in total. The van der Waals surface area contributed by atoms with Crippen molar-refractivity contribution in [2.75, 3.05) is 0 Å². The van der Waals surface area contributed by atoms with E-state index in [1.807, 2.05) is 30.5 Å². The van der Waals surface area contributed by atoms with Crippen LogP contribution in [0.1, 0.15) is 10.7 Å². The van der Waals surface area contributed by atoms with Gasteiger partial charge in [0.2, 0.25) is 0 Å². The van der Waals surface area contributed by atoms with Gasteiger partial charge < -0.3 is 4.74 Å². The topological polar surface area (TPSA) is 22.1 Å². The fourth-order valence-electron chi connectivity index (χ4n) is 1.22. The van der Waals surface area contributed by atoms with E-state index in [0.717, 1.165) is 25.4 Å². The molecule has 0 spiro atoms. The summed E-state index contributed by atoms with van der Waals surface area (Å²) in [7, 11) is 0. The second kappa shape index (κ2) is 5.29. The van der Waals surface area contributed by atoms with Crippen LogP contribution in [0.5, 0.6) is 5.75 Å². The van der Waals surface area contributed by atoms with Crippen molar-refractivity contribution in [1.82, 2.24) is 4.98 Å². The SMILES string of the molecule is Cc1nc(COc2ccc(Br)cc2Br)cs1. The van der Waals surface area contributed by atoms with Crippen molar-refractivity contribution in [3.05, 3.63) is 43.2 Å². The quantitative estimate of drug-likeness (QED) is 0.798. The molecular formula is C11H9Br2NOS. The van der Waals surface area contributed by atoms with Gasteiger partial charge in [-0.15, -0.1) is 11.3 Å². The highest BCUT2D eigenvalue weighted by atomic mass is 79.9. The summed E-state index contributed by atoms with van der Waals surface area (Å²) in [5.74, 6) is 0.828. The number of benzene rings is 1. The van der Waals surface area contributed by atoms with Gasteiger partial charge in [0.1, 0.15) is 12.4 Å². The lowest BCUT2D eigenvalue weighted by Gasteiger charge is -2.06. The number of ether oxygens (including phenoxy) is 1. The van der Waals surface area contributed by atoms with Crippen molar-refractivity contribution >= 4 is 43.2 Å². The molecule has 0 bridgehead atoms. The highest BCUT2D eigenvalue weighted by Crippen LogP contribution is 2.28. The van der Waals surface area contributed by atoms with Gasteiger partial charge in [0.15, 0.2) is 0 Å². The first-order valence-corrected chi connectivity index (χ1v) is 7.10. The van der Waals surface area contributed by atoms with Crippen LogP contribution in [0.2, 0.25) is 0 Å². The Morgan fingerprint density at radius 2 is 2.19 bits per heavy atom. The predicted octanol–water partition coefficient (Wildman–Crippen LogP) is 4.56. The summed E-state index contributed by atoms with van der Waals surface area (Å²) in [6, 6.07) is 5.83. The summed E-state index contributed by atoms with van der Waals surface area (Å²) in [4.78, 5) is 4.34. The Labute approximate surface area is 115 Å². The number of thiazole rings is 1. The van der Waals surface area contributed by atoms with Gasteiger partial charge in [0.05, 0.1) is 15.2 Å². The molecule has 0 atom stereocenters. The largest absolute Gasteiger partial charge is 0.486 e. The highest BCUT2D eigenvalue weighted by Gasteiger charge is 2.03. The van der Waals surface area contributed by atoms with Crippen LogP contribution in [0.3, 0.4) is 0 Å². The number of rotatable bonds is 3. The summed E-state index contributed by atoms with van der Waals surface area (Å²) >= 11 is 8.49. The van der Waals surface area contributed by atoms with Crippen LogP contribution in [0.15, 0.2) is 32.5 Å². The fourth-order valence-corrected chi connectivity index (χ4v) is 2.98. The van der Waals surface area contributed by atoms with Crippen molar-refractivity contribution in [1.29, 1.82) is 0 Å². The number of halogens is 2. The fraction of sp³-hybridized carbons (Fsp3) is 0.182. The van der Waals surface area contributed by atoms with Crippen LogP contribution < -0.4 is 4.74 Å². The van der Waals surface area contributed by atoms with Crippen LogP contribution in [-0.4, -0.2) is 4.98 Å². The first-order valence-electron chi connectivity index (χ1n) is 4.64. The third-order valence-electron chi connectivity index (χ3n) is 1.94. The van der Waals surface area contributed by atoms with Gasteiger partial charge in [-0.25, -0.2) is 4.98 Å². The second-order valence-corrected chi connectivity index (χ2v) is 6.05. The minimum Gasteiger partial charge on any atom is -0.486 e. The number of nitrogens with zero attached hydrogens (tertiary/aromatic N) is 1. The number of hydrogen-bond acceptors (Lipinski definition) is 3. The van der Waals surface area contributed by atoms with Crippen molar-refractivity contribution in [3.8, 4) is 5.75 Å². The molecule has 1 aromatic heterocycles. The maximum absolute atomic E-state index is 5.67. The van der Waals surface area contributed by atoms with E-state index in [2.05, 4.69) is 36.8 Å². The number of hydrogen-bond donors (Lipinski definition) is 0. The molecule has 0 radical (unpaired) electrons. The molecule has 2 nitrogen and oxygen atoms in total. The highest BCUT2D eigenvalue weighted by molar-refractivity contribution is 9.11. The van der Waals surface area contributed by atoms with E-state index in [1.165, 1.54) is 0 Å².